The summed E-state index contributed by atoms with van der Waals surface area (Å²) in [6, 6.07) is 24.5. The summed E-state index contributed by atoms with van der Waals surface area (Å²) in [5.41, 5.74) is 1.32. The maximum absolute atomic E-state index is 12.6. The first kappa shape index (κ1) is 26.8. The van der Waals surface area contributed by atoms with Crippen LogP contribution in [-0.2, 0) is 17.9 Å². The molecule has 4 aromatic carbocycles. The number of benzene rings is 4. The van der Waals surface area contributed by atoms with E-state index in [4.69, 9.17) is 25.5 Å². The first-order valence-electron chi connectivity index (χ1n) is 13.1. The van der Waals surface area contributed by atoms with Gasteiger partial charge in [-0.1, -0.05) is 66.2 Å². The van der Waals surface area contributed by atoms with Crippen LogP contribution in [0.3, 0.4) is 0 Å². The van der Waals surface area contributed by atoms with Crippen LogP contribution in [0.4, 0.5) is 0 Å². The fraction of sp³-hybridized carbons (Fsp3) is 0.188. The number of rotatable bonds is 8. The zero-order valence-corrected chi connectivity index (χ0v) is 22.6. The number of aliphatic hydroxyl groups excluding tert-OH is 1. The normalized spacial score (nSPS) is 17.2. The molecule has 1 aliphatic rings. The molecule has 0 bridgehead atoms. The van der Waals surface area contributed by atoms with Gasteiger partial charge in [-0.25, -0.2) is 4.79 Å². The number of aliphatic hydroxyl groups is 1. The molecule has 0 amide bonds. The van der Waals surface area contributed by atoms with Crippen LogP contribution in [0.5, 0.6) is 17.2 Å². The Morgan fingerprint density at radius 1 is 0.951 bits per heavy atom. The molecule has 0 saturated carbocycles. The number of hydrogen-bond acceptors (Lipinski definition) is 7. The lowest BCUT2D eigenvalue weighted by Crippen LogP contribution is -2.35. The minimum atomic E-state index is -0.998. The highest BCUT2D eigenvalue weighted by molar-refractivity contribution is 6.31. The van der Waals surface area contributed by atoms with E-state index in [0.717, 1.165) is 16.3 Å². The summed E-state index contributed by atoms with van der Waals surface area (Å²) in [5, 5.41) is 22.8. The SMILES string of the molecule is O=C(O)[C@@H]1C[C@@H](O)CN1Cc1ccc(OCc2ccccc2Cl)cc1Oc1cc(=O)oc2c1ccc1ccccc12. The van der Waals surface area contributed by atoms with Gasteiger partial charge in [0.1, 0.15) is 35.5 Å². The van der Waals surface area contributed by atoms with E-state index in [9.17, 15) is 19.8 Å². The number of likely N-dealkylation sites (tertiary alicyclic amines) is 1. The van der Waals surface area contributed by atoms with Crippen LogP contribution in [0, 0.1) is 0 Å². The summed E-state index contributed by atoms with van der Waals surface area (Å²) in [7, 11) is 0. The second-order valence-electron chi connectivity index (χ2n) is 10.0. The molecule has 1 fully saturated rings. The molecule has 0 radical (unpaired) electrons. The van der Waals surface area contributed by atoms with Gasteiger partial charge in [0.05, 0.1) is 17.6 Å². The van der Waals surface area contributed by atoms with Gasteiger partial charge < -0.3 is 24.1 Å². The highest BCUT2D eigenvalue weighted by Gasteiger charge is 2.36. The Balaban J connectivity index is 1.39. The van der Waals surface area contributed by atoms with Gasteiger partial charge in [0.2, 0.25) is 0 Å². The lowest BCUT2D eigenvalue weighted by atomic mass is 10.1. The minimum Gasteiger partial charge on any atom is -0.489 e. The van der Waals surface area contributed by atoms with Crippen LogP contribution in [-0.4, -0.2) is 39.8 Å². The van der Waals surface area contributed by atoms with Crippen molar-refractivity contribution in [3.05, 3.63) is 111 Å². The Hall–Kier alpha value is -4.37. The zero-order chi connectivity index (χ0) is 28.5. The van der Waals surface area contributed by atoms with Crippen LogP contribution in [0.25, 0.3) is 21.7 Å². The Labute approximate surface area is 239 Å². The molecule has 1 aliphatic heterocycles. The summed E-state index contributed by atoms with van der Waals surface area (Å²) in [4.78, 5) is 26.2. The number of carbonyl (C=O) groups is 1. The van der Waals surface area contributed by atoms with Crippen molar-refractivity contribution in [3.8, 4) is 17.2 Å². The third-order valence-electron chi connectivity index (χ3n) is 7.25. The van der Waals surface area contributed by atoms with Crippen LogP contribution < -0.4 is 15.1 Å². The van der Waals surface area contributed by atoms with E-state index in [2.05, 4.69) is 0 Å². The molecule has 2 N–H and O–H groups in total. The standard InChI is InChI=1S/C32H26ClNO7/c33-26-8-4-2-6-21(26)18-39-23-11-9-20(16-34-17-22(35)13-27(34)32(37)38)28(14-23)40-29-15-30(36)41-31-24-7-3-1-5-19(24)10-12-25(29)31/h1-12,14-15,22,27,35H,13,16-18H2,(H,37,38)/t22-,27+/m1/s1. The molecule has 0 spiro atoms. The molecule has 9 heteroatoms. The van der Waals surface area contributed by atoms with Crippen molar-refractivity contribution in [1.82, 2.24) is 4.90 Å². The lowest BCUT2D eigenvalue weighted by molar-refractivity contribution is -0.142. The van der Waals surface area contributed by atoms with Gasteiger partial charge >= 0.3 is 11.6 Å². The Bertz CT molecular complexity index is 1820. The van der Waals surface area contributed by atoms with Gasteiger partial charge in [0.15, 0.2) is 0 Å². The van der Waals surface area contributed by atoms with Gasteiger partial charge in [-0.15, -0.1) is 0 Å². The number of ether oxygens (including phenoxy) is 2. The molecule has 6 rings (SSSR count). The van der Waals surface area contributed by atoms with E-state index in [1.54, 1.807) is 29.2 Å². The smallest absolute Gasteiger partial charge is 0.339 e. The molecule has 5 aromatic rings. The van der Waals surface area contributed by atoms with E-state index < -0.39 is 23.7 Å². The van der Waals surface area contributed by atoms with Crippen molar-refractivity contribution < 1.29 is 28.9 Å². The molecular formula is C32H26ClNO7. The van der Waals surface area contributed by atoms with Gasteiger partial charge in [-0.05, 0) is 23.6 Å². The van der Waals surface area contributed by atoms with Crippen LogP contribution in [0.2, 0.25) is 5.02 Å². The molecular weight excluding hydrogens is 546 g/mol. The van der Waals surface area contributed by atoms with Gasteiger partial charge in [-0.3, -0.25) is 9.69 Å². The third kappa shape index (κ3) is 5.63. The van der Waals surface area contributed by atoms with E-state index in [1.165, 1.54) is 6.07 Å². The topological polar surface area (TPSA) is 109 Å². The van der Waals surface area contributed by atoms with Gasteiger partial charge in [0, 0.05) is 47.1 Å². The van der Waals surface area contributed by atoms with Crippen LogP contribution in [0.15, 0.2) is 94.1 Å². The monoisotopic (exact) mass is 571 g/mol. The molecule has 0 aliphatic carbocycles. The van der Waals surface area contributed by atoms with Crippen LogP contribution >= 0.6 is 11.6 Å². The van der Waals surface area contributed by atoms with E-state index in [-0.39, 0.29) is 26.1 Å². The number of nitrogens with zero attached hydrogens (tertiary/aromatic N) is 1. The summed E-state index contributed by atoms with van der Waals surface area (Å²) < 4.78 is 18.0. The number of carboxylic acids is 1. The predicted molar refractivity (Wildman–Crippen MR) is 155 cm³/mol. The summed E-state index contributed by atoms with van der Waals surface area (Å²) in [6.07, 6.45) is -0.600. The largest absolute Gasteiger partial charge is 0.489 e. The quantitative estimate of drug-likeness (QED) is 0.173. The molecule has 208 valence electrons. The van der Waals surface area contributed by atoms with Crippen molar-refractivity contribution in [2.45, 2.75) is 31.7 Å². The second kappa shape index (κ2) is 11.2. The summed E-state index contributed by atoms with van der Waals surface area (Å²) in [5.74, 6) is 0.176. The lowest BCUT2D eigenvalue weighted by Gasteiger charge is -2.23. The maximum atomic E-state index is 12.6. The number of hydrogen-bond donors (Lipinski definition) is 2. The van der Waals surface area contributed by atoms with Gasteiger partial charge in [-0.2, -0.15) is 0 Å². The highest BCUT2D eigenvalue weighted by Crippen LogP contribution is 2.37. The average molecular weight is 572 g/mol. The van der Waals surface area contributed by atoms with E-state index >= 15 is 0 Å². The fourth-order valence-corrected chi connectivity index (χ4v) is 5.41. The molecule has 1 saturated heterocycles. The van der Waals surface area contributed by atoms with E-state index in [0.29, 0.717) is 38.8 Å². The van der Waals surface area contributed by atoms with Crippen molar-refractivity contribution in [3.63, 3.8) is 0 Å². The van der Waals surface area contributed by atoms with Crippen molar-refractivity contribution in [1.29, 1.82) is 0 Å². The highest BCUT2D eigenvalue weighted by atomic mass is 35.5. The first-order chi connectivity index (χ1) is 19.9. The zero-order valence-electron chi connectivity index (χ0n) is 21.8. The fourth-order valence-electron chi connectivity index (χ4n) is 5.22. The Morgan fingerprint density at radius 2 is 1.76 bits per heavy atom. The number of halogens is 1. The van der Waals surface area contributed by atoms with E-state index in [1.807, 2.05) is 54.6 Å². The Morgan fingerprint density at radius 3 is 2.59 bits per heavy atom. The molecule has 2 heterocycles. The first-order valence-corrected chi connectivity index (χ1v) is 13.5. The van der Waals surface area contributed by atoms with Crippen molar-refractivity contribution >= 4 is 39.3 Å². The molecule has 0 unspecified atom stereocenters. The summed E-state index contributed by atoms with van der Waals surface area (Å²) >= 11 is 6.30. The van der Waals surface area contributed by atoms with Crippen molar-refractivity contribution in [2.75, 3.05) is 6.54 Å². The number of fused-ring (bicyclic) bond motifs is 3. The van der Waals surface area contributed by atoms with Crippen molar-refractivity contribution in [2.24, 2.45) is 0 Å². The molecule has 1 aromatic heterocycles. The third-order valence-corrected chi connectivity index (χ3v) is 7.62. The molecule has 2 atom stereocenters. The minimum absolute atomic E-state index is 0.141. The number of carboxylic acid groups (broad SMARTS) is 1. The predicted octanol–water partition coefficient (Wildman–Crippen LogP) is 5.99. The number of aliphatic carboxylic acids is 1. The van der Waals surface area contributed by atoms with Crippen LogP contribution in [0.1, 0.15) is 17.5 Å². The molecule has 41 heavy (non-hydrogen) atoms. The average Bonchev–Trinajstić information content (AvgIpc) is 3.34. The molecule has 8 nitrogen and oxygen atoms in total. The Kier molecular flexibility index (Phi) is 7.36. The summed E-state index contributed by atoms with van der Waals surface area (Å²) in [6.45, 7) is 0.642. The van der Waals surface area contributed by atoms with Gasteiger partial charge in [0.25, 0.3) is 0 Å². The number of β-amino-alcohol motifs (C(OH)–C–C–N with tert-alkyl or cyclic N) is 1. The maximum Gasteiger partial charge on any atom is 0.339 e. The second-order valence-corrected chi connectivity index (χ2v) is 10.4.